The van der Waals surface area contributed by atoms with Gasteiger partial charge in [-0.05, 0) is 49.4 Å². The molecular formula is C24H33N7O3S. The number of imidazole rings is 1. The number of hydrogen-bond acceptors (Lipinski definition) is 7. The highest BCUT2D eigenvalue weighted by atomic mass is 32.2. The van der Waals surface area contributed by atoms with Crippen molar-refractivity contribution in [3.05, 3.63) is 36.8 Å². The van der Waals surface area contributed by atoms with Crippen LogP contribution in [0.2, 0.25) is 0 Å². The standard InChI is InChI=1S/C24H33N7O3S/c1-24(2,3)22(32)28-18-7-8-20-19(14-18)27-16-31(20)21-10-12-26-23(29-21)25-11-9-17-6-5-13-30(15-17)35(4,33)34/h7-8,10,12,14,16-17H,5-6,9,11,13,15H2,1-4H3,(H,28,32)(H,25,26,29). The van der Waals surface area contributed by atoms with Gasteiger partial charge in [-0.1, -0.05) is 20.8 Å². The molecule has 2 N–H and O–H groups in total. The minimum absolute atomic E-state index is 0.0555. The average molecular weight is 500 g/mol. The van der Waals surface area contributed by atoms with Gasteiger partial charge in [-0.2, -0.15) is 4.98 Å². The largest absolute Gasteiger partial charge is 0.354 e. The van der Waals surface area contributed by atoms with E-state index in [4.69, 9.17) is 0 Å². The van der Waals surface area contributed by atoms with Crippen molar-refractivity contribution in [1.29, 1.82) is 0 Å². The minimum atomic E-state index is -3.14. The first-order valence-electron chi connectivity index (χ1n) is 11.8. The second kappa shape index (κ2) is 9.90. The predicted molar refractivity (Wildman–Crippen MR) is 137 cm³/mol. The number of sulfonamides is 1. The topological polar surface area (TPSA) is 122 Å². The summed E-state index contributed by atoms with van der Waals surface area (Å²) in [7, 11) is -3.14. The van der Waals surface area contributed by atoms with Gasteiger partial charge in [-0.3, -0.25) is 9.36 Å². The van der Waals surface area contributed by atoms with Crippen molar-refractivity contribution < 1.29 is 13.2 Å². The van der Waals surface area contributed by atoms with Gasteiger partial charge < -0.3 is 10.6 Å². The normalized spacial score (nSPS) is 17.4. The molecule has 1 amide bonds. The lowest BCUT2D eigenvalue weighted by Gasteiger charge is -2.30. The molecule has 188 valence electrons. The highest BCUT2D eigenvalue weighted by Gasteiger charge is 2.25. The first-order valence-corrected chi connectivity index (χ1v) is 13.7. The number of anilines is 2. The van der Waals surface area contributed by atoms with Crippen LogP contribution in [-0.2, 0) is 14.8 Å². The fourth-order valence-corrected chi connectivity index (χ4v) is 5.05. The predicted octanol–water partition coefficient (Wildman–Crippen LogP) is 3.27. The second-order valence-corrected chi connectivity index (χ2v) is 12.1. The third kappa shape index (κ3) is 6.15. The van der Waals surface area contributed by atoms with E-state index >= 15 is 0 Å². The summed E-state index contributed by atoms with van der Waals surface area (Å²) in [5, 5.41) is 6.20. The Morgan fingerprint density at radius 1 is 1.20 bits per heavy atom. The smallest absolute Gasteiger partial charge is 0.229 e. The van der Waals surface area contributed by atoms with Gasteiger partial charge in [0.1, 0.15) is 12.1 Å². The minimum Gasteiger partial charge on any atom is -0.354 e. The fourth-order valence-electron chi connectivity index (χ4n) is 4.11. The molecular weight excluding hydrogens is 466 g/mol. The molecule has 1 atom stereocenters. The van der Waals surface area contributed by atoms with E-state index in [0.29, 0.717) is 43.0 Å². The molecule has 10 nitrogen and oxygen atoms in total. The molecule has 3 aromatic rings. The Bertz CT molecular complexity index is 1310. The van der Waals surface area contributed by atoms with Gasteiger partial charge in [0.15, 0.2) is 0 Å². The molecule has 2 aromatic heterocycles. The number of carbonyl (C=O) groups is 1. The summed E-state index contributed by atoms with van der Waals surface area (Å²) >= 11 is 0. The molecule has 0 bridgehead atoms. The summed E-state index contributed by atoms with van der Waals surface area (Å²) in [5.74, 6) is 1.45. The van der Waals surface area contributed by atoms with Crippen molar-refractivity contribution in [2.45, 2.75) is 40.0 Å². The zero-order valence-corrected chi connectivity index (χ0v) is 21.5. The van der Waals surface area contributed by atoms with E-state index in [0.717, 1.165) is 30.3 Å². The van der Waals surface area contributed by atoms with Gasteiger partial charge in [0.05, 0.1) is 17.3 Å². The van der Waals surface area contributed by atoms with Gasteiger partial charge in [0.2, 0.25) is 21.9 Å². The average Bonchev–Trinajstić information content (AvgIpc) is 3.22. The number of piperidine rings is 1. The summed E-state index contributed by atoms with van der Waals surface area (Å²) in [4.78, 5) is 25.7. The van der Waals surface area contributed by atoms with E-state index in [-0.39, 0.29) is 5.91 Å². The van der Waals surface area contributed by atoms with E-state index in [1.54, 1.807) is 16.8 Å². The van der Waals surface area contributed by atoms with Gasteiger partial charge in [-0.15, -0.1) is 0 Å². The van der Waals surface area contributed by atoms with Crippen LogP contribution in [0.5, 0.6) is 0 Å². The van der Waals surface area contributed by atoms with E-state index < -0.39 is 15.4 Å². The lowest BCUT2D eigenvalue weighted by Crippen LogP contribution is -2.39. The lowest BCUT2D eigenvalue weighted by atomic mass is 9.95. The highest BCUT2D eigenvalue weighted by molar-refractivity contribution is 7.88. The van der Waals surface area contributed by atoms with Crippen LogP contribution in [-0.4, -0.2) is 64.0 Å². The van der Waals surface area contributed by atoms with Crippen LogP contribution in [0.4, 0.5) is 11.6 Å². The van der Waals surface area contributed by atoms with Crippen molar-refractivity contribution in [2.75, 3.05) is 36.5 Å². The van der Waals surface area contributed by atoms with Gasteiger partial charge >= 0.3 is 0 Å². The number of nitrogens with zero attached hydrogens (tertiary/aromatic N) is 5. The number of nitrogens with one attached hydrogen (secondary N) is 2. The van der Waals surface area contributed by atoms with Crippen molar-refractivity contribution in [3.63, 3.8) is 0 Å². The second-order valence-electron chi connectivity index (χ2n) is 10.1. The molecule has 11 heteroatoms. The number of fused-ring (bicyclic) bond motifs is 1. The van der Waals surface area contributed by atoms with Crippen molar-refractivity contribution in [2.24, 2.45) is 11.3 Å². The number of aromatic nitrogens is 4. The third-order valence-corrected chi connectivity index (χ3v) is 7.43. The van der Waals surface area contributed by atoms with Crippen LogP contribution in [0.15, 0.2) is 36.8 Å². The zero-order valence-electron chi connectivity index (χ0n) is 20.7. The Hall–Kier alpha value is -3.05. The SMILES string of the molecule is CC(C)(C)C(=O)Nc1ccc2c(c1)ncn2-c1ccnc(NCCC2CCCN(S(C)(=O)=O)C2)n1. The molecule has 0 saturated carbocycles. The number of hydrogen-bond donors (Lipinski definition) is 2. The van der Waals surface area contributed by atoms with E-state index in [2.05, 4.69) is 25.6 Å². The molecule has 1 aromatic carbocycles. The Morgan fingerprint density at radius 2 is 2.00 bits per heavy atom. The van der Waals surface area contributed by atoms with Gasteiger partial charge in [-0.25, -0.2) is 22.7 Å². The summed E-state index contributed by atoms with van der Waals surface area (Å²) in [6.07, 6.45) is 7.42. The van der Waals surface area contributed by atoms with Crippen molar-refractivity contribution in [1.82, 2.24) is 23.8 Å². The van der Waals surface area contributed by atoms with E-state index in [1.807, 2.05) is 49.6 Å². The summed E-state index contributed by atoms with van der Waals surface area (Å²) in [6.45, 7) is 7.45. The maximum absolute atomic E-state index is 12.3. The maximum Gasteiger partial charge on any atom is 0.229 e. The zero-order chi connectivity index (χ0) is 25.2. The fraction of sp³-hybridized carbons (Fsp3) is 0.500. The molecule has 1 fully saturated rings. The van der Waals surface area contributed by atoms with Crippen LogP contribution < -0.4 is 10.6 Å². The highest BCUT2D eigenvalue weighted by Crippen LogP contribution is 2.24. The van der Waals surface area contributed by atoms with Gasteiger partial charge in [0, 0.05) is 36.9 Å². The number of rotatable bonds is 7. The number of amides is 1. The first kappa shape index (κ1) is 25.1. The first-order chi connectivity index (χ1) is 16.5. The molecule has 1 saturated heterocycles. The van der Waals surface area contributed by atoms with E-state index in [1.165, 1.54) is 6.26 Å². The maximum atomic E-state index is 12.3. The molecule has 1 aliphatic heterocycles. The molecule has 1 aliphatic rings. The quantitative estimate of drug-likeness (QED) is 0.511. The number of benzene rings is 1. The van der Waals surface area contributed by atoms with Gasteiger partial charge in [0.25, 0.3) is 0 Å². The van der Waals surface area contributed by atoms with Crippen LogP contribution in [0, 0.1) is 11.3 Å². The molecule has 1 unspecified atom stereocenters. The Kier molecular flexibility index (Phi) is 7.09. The lowest BCUT2D eigenvalue weighted by molar-refractivity contribution is -0.123. The molecule has 0 radical (unpaired) electrons. The molecule has 35 heavy (non-hydrogen) atoms. The molecule has 0 spiro atoms. The number of carbonyl (C=O) groups excluding carboxylic acids is 1. The van der Waals surface area contributed by atoms with Crippen molar-refractivity contribution >= 4 is 38.6 Å². The third-order valence-electron chi connectivity index (χ3n) is 6.16. The molecule has 4 rings (SSSR count). The summed E-state index contributed by atoms with van der Waals surface area (Å²) < 4.78 is 27.1. The molecule has 3 heterocycles. The van der Waals surface area contributed by atoms with Crippen LogP contribution >= 0.6 is 0 Å². The Morgan fingerprint density at radius 3 is 2.74 bits per heavy atom. The Labute approximate surface area is 206 Å². The van der Waals surface area contributed by atoms with Crippen LogP contribution in [0.3, 0.4) is 0 Å². The summed E-state index contributed by atoms with van der Waals surface area (Å²) in [6, 6.07) is 7.42. The van der Waals surface area contributed by atoms with Crippen LogP contribution in [0.25, 0.3) is 16.9 Å². The monoisotopic (exact) mass is 499 g/mol. The molecule has 0 aliphatic carbocycles. The Balaban J connectivity index is 1.41. The van der Waals surface area contributed by atoms with Crippen LogP contribution in [0.1, 0.15) is 40.0 Å². The summed E-state index contributed by atoms with van der Waals surface area (Å²) in [5.41, 5.74) is 1.83. The van der Waals surface area contributed by atoms with E-state index in [9.17, 15) is 13.2 Å². The van der Waals surface area contributed by atoms with Crippen molar-refractivity contribution in [3.8, 4) is 5.82 Å².